The van der Waals surface area contributed by atoms with Crippen LogP contribution < -0.4 is 10.1 Å². The van der Waals surface area contributed by atoms with Gasteiger partial charge in [-0.3, -0.25) is 5.32 Å². The van der Waals surface area contributed by atoms with Crippen molar-refractivity contribution in [2.45, 2.75) is 12.6 Å². The highest BCUT2D eigenvalue weighted by atomic mass is 19.1. The molecule has 0 aliphatic heterocycles. The van der Waals surface area contributed by atoms with Crippen LogP contribution in [0.15, 0.2) is 48.5 Å². The highest BCUT2D eigenvalue weighted by Gasteiger charge is 2.10. The monoisotopic (exact) mass is 270 g/mol. The molecule has 0 aromatic heterocycles. The van der Waals surface area contributed by atoms with Crippen LogP contribution in [-0.2, 0) is 6.54 Å². The minimum atomic E-state index is -0.435. The van der Waals surface area contributed by atoms with E-state index in [1.54, 1.807) is 19.2 Å². The molecule has 1 atom stereocenters. The summed E-state index contributed by atoms with van der Waals surface area (Å²) in [6.07, 6.45) is 0. The summed E-state index contributed by atoms with van der Waals surface area (Å²) >= 11 is 0. The molecule has 0 aliphatic carbocycles. The Balaban J connectivity index is 2.05. The lowest BCUT2D eigenvalue weighted by Crippen LogP contribution is -2.19. The number of halogens is 1. The van der Waals surface area contributed by atoms with Crippen LogP contribution in [0.1, 0.15) is 17.2 Å². The van der Waals surface area contributed by atoms with Gasteiger partial charge in [-0.2, -0.15) is 5.26 Å². The molecule has 2 rings (SSSR count). The van der Waals surface area contributed by atoms with Crippen LogP contribution in [0.5, 0.6) is 5.75 Å². The largest absolute Gasteiger partial charge is 0.497 e. The van der Waals surface area contributed by atoms with Gasteiger partial charge in [-0.1, -0.05) is 24.3 Å². The Hall–Kier alpha value is -2.38. The van der Waals surface area contributed by atoms with Crippen molar-refractivity contribution in [2.75, 3.05) is 7.11 Å². The molecule has 0 saturated heterocycles. The lowest BCUT2D eigenvalue weighted by Gasteiger charge is -2.13. The number of nitriles is 1. The summed E-state index contributed by atoms with van der Waals surface area (Å²) in [5.41, 5.74) is 1.77. The Labute approximate surface area is 117 Å². The minimum absolute atomic E-state index is 0.265. The van der Waals surface area contributed by atoms with Gasteiger partial charge in [0.2, 0.25) is 0 Å². The van der Waals surface area contributed by atoms with Gasteiger partial charge in [0.15, 0.2) is 0 Å². The van der Waals surface area contributed by atoms with Gasteiger partial charge in [-0.25, -0.2) is 4.39 Å². The van der Waals surface area contributed by atoms with E-state index in [-0.39, 0.29) is 5.82 Å². The molecule has 0 amide bonds. The van der Waals surface area contributed by atoms with Gasteiger partial charge >= 0.3 is 0 Å². The molecule has 2 aromatic carbocycles. The summed E-state index contributed by atoms with van der Waals surface area (Å²) in [6, 6.07) is 15.4. The van der Waals surface area contributed by atoms with E-state index < -0.39 is 6.04 Å². The van der Waals surface area contributed by atoms with Gasteiger partial charge in [-0.15, -0.1) is 0 Å². The molecule has 0 radical (unpaired) electrons. The van der Waals surface area contributed by atoms with Gasteiger partial charge in [-0.05, 0) is 35.4 Å². The van der Waals surface area contributed by atoms with Crippen LogP contribution >= 0.6 is 0 Å². The summed E-state index contributed by atoms with van der Waals surface area (Å²) in [5, 5.41) is 12.4. The van der Waals surface area contributed by atoms with E-state index in [0.29, 0.717) is 12.3 Å². The van der Waals surface area contributed by atoms with Crippen molar-refractivity contribution in [1.29, 1.82) is 5.26 Å². The molecule has 0 spiro atoms. The molecule has 4 heteroatoms. The molecule has 0 aliphatic rings. The molecular formula is C16H15FN2O. The van der Waals surface area contributed by atoms with Crippen LogP contribution in [0.4, 0.5) is 4.39 Å². The summed E-state index contributed by atoms with van der Waals surface area (Å²) < 4.78 is 18.0. The molecule has 3 nitrogen and oxygen atoms in total. The van der Waals surface area contributed by atoms with Crippen molar-refractivity contribution in [3.05, 3.63) is 65.5 Å². The van der Waals surface area contributed by atoms with E-state index in [1.807, 2.05) is 24.3 Å². The molecule has 0 saturated carbocycles. The molecule has 1 N–H and O–H groups in total. The summed E-state index contributed by atoms with van der Waals surface area (Å²) in [4.78, 5) is 0. The van der Waals surface area contributed by atoms with Crippen molar-refractivity contribution in [1.82, 2.24) is 5.32 Å². The maximum Gasteiger partial charge on any atom is 0.123 e. The normalized spacial score (nSPS) is 11.7. The first-order valence-electron chi connectivity index (χ1n) is 6.24. The van der Waals surface area contributed by atoms with Crippen LogP contribution in [0.25, 0.3) is 0 Å². The zero-order chi connectivity index (χ0) is 14.4. The smallest absolute Gasteiger partial charge is 0.123 e. The van der Waals surface area contributed by atoms with E-state index >= 15 is 0 Å². The van der Waals surface area contributed by atoms with Crippen LogP contribution in [0.2, 0.25) is 0 Å². The molecule has 20 heavy (non-hydrogen) atoms. The van der Waals surface area contributed by atoms with Crippen LogP contribution in [-0.4, -0.2) is 7.11 Å². The first-order valence-corrected chi connectivity index (χ1v) is 6.24. The Kier molecular flexibility index (Phi) is 4.70. The SMILES string of the molecule is COc1cccc(C(C#N)NCc2ccc(F)cc2)c1. The topological polar surface area (TPSA) is 45.0 Å². The predicted molar refractivity (Wildman–Crippen MR) is 74.6 cm³/mol. The summed E-state index contributed by atoms with van der Waals surface area (Å²) in [5.74, 6) is 0.449. The fourth-order valence-corrected chi connectivity index (χ4v) is 1.88. The third-order valence-electron chi connectivity index (χ3n) is 2.98. The van der Waals surface area contributed by atoms with E-state index in [9.17, 15) is 9.65 Å². The van der Waals surface area contributed by atoms with Gasteiger partial charge < -0.3 is 4.74 Å². The molecular weight excluding hydrogens is 255 g/mol. The van der Waals surface area contributed by atoms with Crippen LogP contribution in [0.3, 0.4) is 0 Å². The quantitative estimate of drug-likeness (QED) is 0.907. The molecule has 102 valence electrons. The highest BCUT2D eigenvalue weighted by molar-refractivity contribution is 5.33. The minimum Gasteiger partial charge on any atom is -0.497 e. The average Bonchev–Trinajstić information content (AvgIpc) is 2.50. The number of ether oxygens (including phenoxy) is 1. The lowest BCUT2D eigenvalue weighted by atomic mass is 10.1. The van der Waals surface area contributed by atoms with Crippen molar-refractivity contribution < 1.29 is 9.13 Å². The second-order valence-corrected chi connectivity index (χ2v) is 4.35. The van der Waals surface area contributed by atoms with Crippen molar-refractivity contribution in [2.24, 2.45) is 0 Å². The molecule has 0 fully saturated rings. The van der Waals surface area contributed by atoms with Crippen LogP contribution in [0, 0.1) is 17.1 Å². The average molecular weight is 270 g/mol. The molecule has 0 bridgehead atoms. The number of benzene rings is 2. The standard InChI is InChI=1S/C16H15FN2O/c1-20-15-4-2-3-13(9-15)16(10-18)19-11-12-5-7-14(17)8-6-12/h2-9,16,19H,11H2,1H3. The fourth-order valence-electron chi connectivity index (χ4n) is 1.88. The Morgan fingerprint density at radius 2 is 2.00 bits per heavy atom. The number of nitrogens with zero attached hydrogens (tertiary/aromatic N) is 1. The van der Waals surface area contributed by atoms with E-state index in [2.05, 4.69) is 11.4 Å². The third kappa shape index (κ3) is 3.56. The van der Waals surface area contributed by atoms with Gasteiger partial charge in [0.1, 0.15) is 17.6 Å². The van der Waals surface area contributed by atoms with Crippen molar-refractivity contribution >= 4 is 0 Å². The van der Waals surface area contributed by atoms with Gasteiger partial charge in [0, 0.05) is 6.54 Å². The second kappa shape index (κ2) is 6.69. The molecule has 0 heterocycles. The van der Waals surface area contributed by atoms with E-state index in [1.165, 1.54) is 12.1 Å². The number of methoxy groups -OCH3 is 1. The maximum atomic E-state index is 12.8. The second-order valence-electron chi connectivity index (χ2n) is 4.35. The van der Waals surface area contributed by atoms with Crippen molar-refractivity contribution in [3.8, 4) is 11.8 Å². The van der Waals surface area contributed by atoms with Gasteiger partial charge in [0.25, 0.3) is 0 Å². The molecule has 1 unspecified atom stereocenters. The Morgan fingerprint density at radius 3 is 2.65 bits per heavy atom. The third-order valence-corrected chi connectivity index (χ3v) is 2.98. The molecule has 2 aromatic rings. The fraction of sp³-hybridized carbons (Fsp3) is 0.188. The number of nitrogens with one attached hydrogen (secondary N) is 1. The number of rotatable bonds is 5. The van der Waals surface area contributed by atoms with Crippen molar-refractivity contribution in [3.63, 3.8) is 0 Å². The number of hydrogen-bond acceptors (Lipinski definition) is 3. The highest BCUT2D eigenvalue weighted by Crippen LogP contribution is 2.19. The van der Waals surface area contributed by atoms with E-state index in [0.717, 1.165) is 11.1 Å². The first-order chi connectivity index (χ1) is 9.72. The lowest BCUT2D eigenvalue weighted by molar-refractivity contribution is 0.413. The zero-order valence-electron chi connectivity index (χ0n) is 11.1. The predicted octanol–water partition coefficient (Wildman–Crippen LogP) is 3.19. The van der Waals surface area contributed by atoms with Gasteiger partial charge in [0.05, 0.1) is 13.2 Å². The van der Waals surface area contributed by atoms with E-state index in [4.69, 9.17) is 4.74 Å². The summed E-state index contributed by atoms with van der Waals surface area (Å²) in [6.45, 7) is 0.496. The Morgan fingerprint density at radius 1 is 1.25 bits per heavy atom. The first kappa shape index (κ1) is 14.0. The number of hydrogen-bond donors (Lipinski definition) is 1. The Bertz CT molecular complexity index is 605. The summed E-state index contributed by atoms with van der Waals surface area (Å²) in [7, 11) is 1.59. The maximum absolute atomic E-state index is 12.8. The zero-order valence-corrected chi connectivity index (χ0v) is 11.1.